The van der Waals surface area contributed by atoms with Crippen molar-refractivity contribution in [3.63, 3.8) is 0 Å². The lowest BCUT2D eigenvalue weighted by Crippen LogP contribution is -2.55. The average molecular weight is 458 g/mol. The summed E-state index contributed by atoms with van der Waals surface area (Å²) in [5.74, 6) is -0.509. The number of esters is 1. The van der Waals surface area contributed by atoms with Crippen LogP contribution in [0.1, 0.15) is 45.6 Å². The number of hydrogen-bond donors (Lipinski definition) is 0. The van der Waals surface area contributed by atoms with Gasteiger partial charge in [-0.15, -0.1) is 0 Å². The highest BCUT2D eigenvalue weighted by Gasteiger charge is 2.72. The summed E-state index contributed by atoms with van der Waals surface area (Å²) >= 11 is 0. The number of non-ortho nitro benzene ring substituents is 1. The summed E-state index contributed by atoms with van der Waals surface area (Å²) < 4.78 is 23.8. The molecule has 8 heteroatoms. The van der Waals surface area contributed by atoms with Gasteiger partial charge in [0, 0.05) is 25.3 Å². The van der Waals surface area contributed by atoms with Crippen LogP contribution in [0.5, 0.6) is 0 Å². The van der Waals surface area contributed by atoms with Crippen molar-refractivity contribution in [3.8, 4) is 0 Å². The van der Waals surface area contributed by atoms with Crippen molar-refractivity contribution in [2.45, 2.75) is 69.5 Å². The fraction of sp³-hybridized carbons (Fsp3) is 0.560. The van der Waals surface area contributed by atoms with Gasteiger partial charge >= 0.3 is 5.97 Å². The second-order valence-electron chi connectivity index (χ2n) is 9.53. The number of carbonyl (C=O) groups excluding carboxylic acids is 1. The number of benzene rings is 1. The number of epoxide rings is 2. The number of nitrogens with zero attached hydrogens (tertiary/aromatic N) is 1. The predicted molar refractivity (Wildman–Crippen MR) is 122 cm³/mol. The Morgan fingerprint density at radius 1 is 1.30 bits per heavy atom. The van der Waals surface area contributed by atoms with Crippen LogP contribution in [-0.4, -0.2) is 54.1 Å². The van der Waals surface area contributed by atoms with Crippen molar-refractivity contribution in [3.05, 3.63) is 57.7 Å². The fourth-order valence-corrected chi connectivity index (χ4v) is 5.13. The summed E-state index contributed by atoms with van der Waals surface area (Å²) in [7, 11) is 1.64. The van der Waals surface area contributed by atoms with E-state index in [0.717, 1.165) is 12.8 Å². The molecule has 2 aliphatic heterocycles. The van der Waals surface area contributed by atoms with Gasteiger partial charge in [0.1, 0.15) is 23.4 Å². The van der Waals surface area contributed by atoms with Crippen LogP contribution in [0.4, 0.5) is 5.69 Å². The molecule has 6 atom stereocenters. The summed E-state index contributed by atoms with van der Waals surface area (Å²) in [4.78, 5) is 22.9. The van der Waals surface area contributed by atoms with E-state index in [4.69, 9.17) is 18.9 Å². The van der Waals surface area contributed by atoms with E-state index < -0.39 is 17.0 Å². The molecule has 4 rings (SSSR count). The highest BCUT2D eigenvalue weighted by atomic mass is 16.6. The Labute approximate surface area is 193 Å². The molecule has 3 fully saturated rings. The second-order valence-corrected chi connectivity index (χ2v) is 9.53. The lowest BCUT2D eigenvalue weighted by Gasteiger charge is -2.42. The molecule has 33 heavy (non-hydrogen) atoms. The van der Waals surface area contributed by atoms with Crippen molar-refractivity contribution in [1.82, 2.24) is 0 Å². The molecule has 1 aromatic carbocycles. The Hall–Kier alpha value is -2.55. The summed E-state index contributed by atoms with van der Waals surface area (Å²) in [6, 6.07) is 5.97. The molecule has 1 aliphatic carbocycles. The van der Waals surface area contributed by atoms with Crippen LogP contribution in [-0.2, 0) is 23.7 Å². The van der Waals surface area contributed by atoms with Crippen LogP contribution in [0, 0.1) is 16.0 Å². The zero-order chi connectivity index (χ0) is 23.8. The van der Waals surface area contributed by atoms with Gasteiger partial charge in [0.2, 0.25) is 0 Å². The molecule has 2 heterocycles. The van der Waals surface area contributed by atoms with Gasteiger partial charge in [-0.05, 0) is 63.8 Å². The van der Waals surface area contributed by atoms with Gasteiger partial charge in [-0.25, -0.2) is 4.79 Å². The summed E-state index contributed by atoms with van der Waals surface area (Å²) in [5, 5.41) is 10.8. The van der Waals surface area contributed by atoms with Gasteiger partial charge in [0.05, 0.1) is 23.6 Å². The Balaban J connectivity index is 1.43. The molecule has 1 saturated carbocycles. The van der Waals surface area contributed by atoms with Crippen molar-refractivity contribution in [2.24, 2.45) is 5.92 Å². The molecule has 0 amide bonds. The molecule has 2 saturated heterocycles. The van der Waals surface area contributed by atoms with E-state index in [0.29, 0.717) is 18.6 Å². The number of rotatable bonds is 8. The van der Waals surface area contributed by atoms with Crippen molar-refractivity contribution in [1.29, 1.82) is 0 Å². The van der Waals surface area contributed by atoms with E-state index in [2.05, 4.69) is 26.8 Å². The van der Waals surface area contributed by atoms with Crippen LogP contribution in [0.15, 0.2) is 42.0 Å². The molecule has 178 valence electrons. The smallest absolute Gasteiger partial charge is 0.331 e. The molecule has 0 radical (unpaired) electrons. The standard InChI is InChI=1S/C25H31NO7/c1-16(2)5-11-20-24(3,33-20)23-22(30-4)19(13-14-25(23)15-31-25)32-21(27)12-8-17-6-9-18(10-7-17)26(28)29/h5-10,12,19-20,22-23H,11,13-15H2,1-4H3/b12-8+/t19-,20+,22-,23-,24+,25+/m1/s1. The minimum Gasteiger partial charge on any atom is -0.456 e. The monoisotopic (exact) mass is 457 g/mol. The third kappa shape index (κ3) is 4.88. The van der Waals surface area contributed by atoms with Gasteiger partial charge in [0.15, 0.2) is 0 Å². The Morgan fingerprint density at radius 2 is 2.00 bits per heavy atom. The number of methoxy groups -OCH3 is 1. The van der Waals surface area contributed by atoms with Gasteiger partial charge < -0.3 is 18.9 Å². The zero-order valence-corrected chi connectivity index (χ0v) is 19.5. The SMILES string of the molecule is CO[C@@H]1[C@H](OC(=O)/C=C/c2ccc([N+](=O)[O-])cc2)CC[C@]2(CO2)[C@H]1[C@@]1(C)O[C@H]1CC=C(C)C. The first kappa shape index (κ1) is 23.6. The Morgan fingerprint density at radius 3 is 2.58 bits per heavy atom. The number of hydrogen-bond acceptors (Lipinski definition) is 7. The first-order valence-electron chi connectivity index (χ1n) is 11.3. The number of allylic oxidation sites excluding steroid dienone is 1. The number of nitro groups is 1. The van der Waals surface area contributed by atoms with Gasteiger partial charge in [-0.3, -0.25) is 10.1 Å². The molecular weight excluding hydrogens is 426 g/mol. The predicted octanol–water partition coefficient (Wildman–Crippen LogP) is 4.23. The molecule has 0 aromatic heterocycles. The third-order valence-corrected chi connectivity index (χ3v) is 7.02. The van der Waals surface area contributed by atoms with E-state index in [1.807, 2.05) is 0 Å². The Bertz CT molecular complexity index is 961. The quantitative estimate of drug-likeness (QED) is 0.144. The number of ether oxygens (including phenoxy) is 4. The van der Waals surface area contributed by atoms with E-state index in [-0.39, 0.29) is 35.0 Å². The molecule has 0 bridgehead atoms. The van der Waals surface area contributed by atoms with Gasteiger partial charge in [-0.1, -0.05) is 11.6 Å². The molecular formula is C25H31NO7. The topological polar surface area (TPSA) is 104 Å². The van der Waals surface area contributed by atoms with E-state index in [1.54, 1.807) is 25.3 Å². The number of nitro benzene ring substituents is 1. The van der Waals surface area contributed by atoms with E-state index >= 15 is 0 Å². The second kappa shape index (κ2) is 9.00. The minimum absolute atomic E-state index is 0.000756. The maximum atomic E-state index is 12.6. The van der Waals surface area contributed by atoms with E-state index in [9.17, 15) is 14.9 Å². The fourth-order valence-electron chi connectivity index (χ4n) is 5.13. The highest BCUT2D eigenvalue weighted by Crippen LogP contribution is 2.59. The van der Waals surface area contributed by atoms with Crippen LogP contribution >= 0.6 is 0 Å². The van der Waals surface area contributed by atoms with E-state index in [1.165, 1.54) is 23.8 Å². The molecule has 1 spiro atoms. The number of carbonyl (C=O) groups is 1. The van der Waals surface area contributed by atoms with Crippen LogP contribution in [0.25, 0.3) is 6.08 Å². The van der Waals surface area contributed by atoms with Crippen molar-refractivity contribution >= 4 is 17.7 Å². The molecule has 1 aromatic rings. The van der Waals surface area contributed by atoms with Crippen molar-refractivity contribution < 1.29 is 28.7 Å². The minimum atomic E-state index is -0.477. The average Bonchev–Trinajstić information content (AvgIpc) is 3.69. The molecule has 3 aliphatic rings. The van der Waals surface area contributed by atoms with Gasteiger partial charge in [0.25, 0.3) is 5.69 Å². The summed E-state index contributed by atoms with van der Waals surface area (Å²) in [5.41, 5.74) is 1.27. The lowest BCUT2D eigenvalue weighted by atomic mass is 9.68. The lowest BCUT2D eigenvalue weighted by molar-refractivity contribution is -0.384. The highest BCUT2D eigenvalue weighted by molar-refractivity contribution is 5.87. The largest absolute Gasteiger partial charge is 0.456 e. The maximum absolute atomic E-state index is 12.6. The van der Waals surface area contributed by atoms with Gasteiger partial charge in [-0.2, -0.15) is 0 Å². The summed E-state index contributed by atoms with van der Waals surface area (Å²) in [6.45, 7) is 6.93. The molecule has 8 nitrogen and oxygen atoms in total. The normalized spacial score (nSPS) is 34.8. The summed E-state index contributed by atoms with van der Waals surface area (Å²) in [6.07, 6.45) is 6.73. The van der Waals surface area contributed by atoms with Crippen LogP contribution in [0.2, 0.25) is 0 Å². The molecule has 0 N–H and O–H groups in total. The first-order chi connectivity index (χ1) is 15.7. The zero-order valence-electron chi connectivity index (χ0n) is 19.5. The molecule has 0 unspecified atom stereocenters. The Kier molecular flexibility index (Phi) is 6.44. The third-order valence-electron chi connectivity index (χ3n) is 7.02. The van der Waals surface area contributed by atoms with Crippen LogP contribution in [0.3, 0.4) is 0 Å². The van der Waals surface area contributed by atoms with Crippen molar-refractivity contribution in [2.75, 3.05) is 13.7 Å². The maximum Gasteiger partial charge on any atom is 0.331 e. The van der Waals surface area contributed by atoms with Crippen LogP contribution < -0.4 is 0 Å². The first-order valence-corrected chi connectivity index (χ1v) is 11.3.